The highest BCUT2D eigenvalue weighted by Gasteiger charge is 2.07. The monoisotopic (exact) mass is 245 g/mol. The van der Waals surface area contributed by atoms with E-state index in [-0.39, 0.29) is 5.82 Å². The van der Waals surface area contributed by atoms with Gasteiger partial charge in [0.1, 0.15) is 10.8 Å². The second-order valence-electron chi connectivity index (χ2n) is 3.52. The van der Waals surface area contributed by atoms with E-state index in [0.717, 1.165) is 22.0 Å². The van der Waals surface area contributed by atoms with E-state index >= 15 is 0 Å². The zero-order valence-corrected chi connectivity index (χ0v) is 9.54. The van der Waals surface area contributed by atoms with E-state index in [4.69, 9.17) is 0 Å². The van der Waals surface area contributed by atoms with Crippen LogP contribution in [-0.2, 0) is 0 Å². The number of rotatable bonds is 2. The van der Waals surface area contributed by atoms with Crippen molar-refractivity contribution in [3.63, 3.8) is 0 Å². The van der Waals surface area contributed by atoms with E-state index in [1.165, 1.54) is 23.5 Å². The van der Waals surface area contributed by atoms with E-state index in [0.29, 0.717) is 0 Å². The highest BCUT2D eigenvalue weighted by molar-refractivity contribution is 7.13. The lowest BCUT2D eigenvalue weighted by molar-refractivity contribution is 0.628. The molecule has 0 aliphatic heterocycles. The maximum absolute atomic E-state index is 12.8. The molecule has 0 unspecified atom stereocenters. The largest absolute Gasteiger partial charge is 0.275 e. The van der Waals surface area contributed by atoms with Gasteiger partial charge in [0.2, 0.25) is 0 Å². The van der Waals surface area contributed by atoms with E-state index in [1.54, 1.807) is 18.3 Å². The van der Waals surface area contributed by atoms with Crippen molar-refractivity contribution in [1.29, 1.82) is 0 Å². The summed E-state index contributed by atoms with van der Waals surface area (Å²) in [5.74, 6) is -0.238. The molecule has 2 heterocycles. The molecule has 0 saturated heterocycles. The average molecular weight is 245 g/mol. The molecular formula is C12H8FN3S. The quantitative estimate of drug-likeness (QED) is 0.752. The smallest absolute Gasteiger partial charge is 0.141 e. The summed E-state index contributed by atoms with van der Waals surface area (Å²) in [6.07, 6.45) is 1.69. The molecule has 3 aromatic rings. The summed E-state index contributed by atoms with van der Waals surface area (Å²) in [5.41, 5.74) is 2.65. The van der Waals surface area contributed by atoms with Gasteiger partial charge in [0.15, 0.2) is 0 Å². The number of hydrogen-bond acceptors (Lipinski definition) is 3. The number of benzene rings is 1. The van der Waals surface area contributed by atoms with E-state index in [2.05, 4.69) is 15.2 Å². The molecule has 0 bridgehead atoms. The molecule has 5 heteroatoms. The van der Waals surface area contributed by atoms with E-state index in [9.17, 15) is 4.39 Å². The Hall–Kier alpha value is -2.01. The zero-order chi connectivity index (χ0) is 11.7. The maximum Gasteiger partial charge on any atom is 0.141 e. The summed E-state index contributed by atoms with van der Waals surface area (Å²) < 4.78 is 12.8. The fourth-order valence-corrected chi connectivity index (χ4v) is 2.33. The number of H-pyrrole nitrogens is 1. The second kappa shape index (κ2) is 4.10. The van der Waals surface area contributed by atoms with Crippen LogP contribution in [0.1, 0.15) is 0 Å². The lowest BCUT2D eigenvalue weighted by atomic mass is 10.2. The molecule has 1 N–H and O–H groups in total. The third-order valence-electron chi connectivity index (χ3n) is 2.38. The Bertz CT molecular complexity index is 614. The molecule has 0 atom stereocenters. The summed E-state index contributed by atoms with van der Waals surface area (Å²) in [5, 5.41) is 9.57. The highest BCUT2D eigenvalue weighted by Crippen LogP contribution is 2.27. The molecule has 3 nitrogen and oxygen atoms in total. The van der Waals surface area contributed by atoms with E-state index < -0.39 is 0 Å². The zero-order valence-electron chi connectivity index (χ0n) is 8.72. The van der Waals surface area contributed by atoms with Gasteiger partial charge in [0.25, 0.3) is 0 Å². The van der Waals surface area contributed by atoms with Gasteiger partial charge >= 0.3 is 0 Å². The molecule has 2 aromatic heterocycles. The minimum Gasteiger partial charge on any atom is -0.275 e. The van der Waals surface area contributed by atoms with Gasteiger partial charge in [-0.2, -0.15) is 5.10 Å². The van der Waals surface area contributed by atoms with Crippen molar-refractivity contribution in [1.82, 2.24) is 15.2 Å². The number of nitrogens with one attached hydrogen (secondary N) is 1. The Morgan fingerprint density at radius 2 is 1.94 bits per heavy atom. The summed E-state index contributed by atoms with van der Waals surface area (Å²) in [7, 11) is 0. The second-order valence-corrected chi connectivity index (χ2v) is 4.37. The molecule has 0 fully saturated rings. The number of nitrogens with zero attached hydrogens (tertiary/aromatic N) is 2. The predicted octanol–water partition coefficient (Wildman–Crippen LogP) is 3.34. The van der Waals surface area contributed by atoms with Gasteiger partial charge in [-0.25, -0.2) is 9.37 Å². The third-order valence-corrected chi connectivity index (χ3v) is 3.25. The molecule has 84 valence electrons. The Morgan fingerprint density at radius 3 is 2.65 bits per heavy atom. The van der Waals surface area contributed by atoms with Gasteiger partial charge in [0.05, 0.1) is 11.4 Å². The Labute approximate surface area is 101 Å². The van der Waals surface area contributed by atoms with Crippen molar-refractivity contribution in [3.05, 3.63) is 47.7 Å². The van der Waals surface area contributed by atoms with Crippen LogP contribution in [0.4, 0.5) is 4.39 Å². The number of thiazole rings is 1. The predicted molar refractivity (Wildman–Crippen MR) is 65.1 cm³/mol. The molecule has 17 heavy (non-hydrogen) atoms. The molecule has 1 aromatic carbocycles. The van der Waals surface area contributed by atoms with Crippen LogP contribution in [0.5, 0.6) is 0 Å². The Kier molecular flexibility index (Phi) is 2.45. The van der Waals surface area contributed by atoms with Crippen LogP contribution in [0.25, 0.3) is 22.0 Å². The maximum atomic E-state index is 12.8. The van der Waals surface area contributed by atoms with Crippen LogP contribution in [0.3, 0.4) is 0 Å². The number of hydrogen-bond donors (Lipinski definition) is 1. The normalized spacial score (nSPS) is 10.6. The lowest BCUT2D eigenvalue weighted by Gasteiger charge is -1.95. The van der Waals surface area contributed by atoms with Crippen molar-refractivity contribution in [3.8, 4) is 22.0 Å². The molecule has 0 aliphatic carbocycles. The van der Waals surface area contributed by atoms with Gasteiger partial charge in [-0.1, -0.05) is 0 Å². The van der Waals surface area contributed by atoms with Gasteiger partial charge < -0.3 is 0 Å². The van der Waals surface area contributed by atoms with Crippen molar-refractivity contribution >= 4 is 11.3 Å². The van der Waals surface area contributed by atoms with Crippen LogP contribution in [0, 0.1) is 5.82 Å². The van der Waals surface area contributed by atoms with Gasteiger partial charge in [-0.3, -0.25) is 5.10 Å². The lowest BCUT2D eigenvalue weighted by Crippen LogP contribution is -1.80. The molecule has 0 radical (unpaired) electrons. The van der Waals surface area contributed by atoms with Crippen LogP contribution in [0.2, 0.25) is 0 Å². The van der Waals surface area contributed by atoms with E-state index in [1.807, 2.05) is 11.4 Å². The fraction of sp³-hybridized carbons (Fsp3) is 0. The summed E-state index contributed by atoms with van der Waals surface area (Å²) in [4.78, 5) is 4.48. The minimum absolute atomic E-state index is 0.238. The van der Waals surface area contributed by atoms with Crippen LogP contribution in [-0.4, -0.2) is 15.2 Å². The van der Waals surface area contributed by atoms with Crippen LogP contribution < -0.4 is 0 Å². The molecule has 0 amide bonds. The first kappa shape index (κ1) is 10.2. The van der Waals surface area contributed by atoms with Crippen LogP contribution in [0.15, 0.2) is 41.9 Å². The third kappa shape index (κ3) is 1.97. The topological polar surface area (TPSA) is 41.6 Å². The first-order chi connectivity index (χ1) is 8.33. The number of aromatic amines is 1. The van der Waals surface area contributed by atoms with Gasteiger partial charge in [-0.05, 0) is 30.3 Å². The fourth-order valence-electron chi connectivity index (χ4n) is 1.53. The SMILES string of the molecule is Fc1ccc(-c2csc(-c3ccn[nH]3)n2)cc1. The summed E-state index contributed by atoms with van der Waals surface area (Å²) >= 11 is 1.53. The molecule has 0 spiro atoms. The van der Waals surface area contributed by atoms with Crippen molar-refractivity contribution in [2.75, 3.05) is 0 Å². The Morgan fingerprint density at radius 1 is 1.12 bits per heavy atom. The van der Waals surface area contributed by atoms with Crippen molar-refractivity contribution in [2.45, 2.75) is 0 Å². The molecular weight excluding hydrogens is 237 g/mol. The minimum atomic E-state index is -0.238. The first-order valence-electron chi connectivity index (χ1n) is 5.04. The Balaban J connectivity index is 1.98. The van der Waals surface area contributed by atoms with Gasteiger partial charge in [-0.15, -0.1) is 11.3 Å². The van der Waals surface area contributed by atoms with Crippen molar-refractivity contribution < 1.29 is 4.39 Å². The first-order valence-corrected chi connectivity index (χ1v) is 5.92. The number of halogens is 1. The highest BCUT2D eigenvalue weighted by atomic mass is 32.1. The van der Waals surface area contributed by atoms with Gasteiger partial charge in [0, 0.05) is 17.1 Å². The standard InChI is InChI=1S/C12H8FN3S/c13-9-3-1-8(2-4-9)11-7-17-12(15-11)10-5-6-14-16-10/h1-7H,(H,14,16). The average Bonchev–Trinajstić information content (AvgIpc) is 3.00. The summed E-state index contributed by atoms with van der Waals surface area (Å²) in [6, 6.07) is 8.19. The molecule has 0 aliphatic rings. The van der Waals surface area contributed by atoms with Crippen molar-refractivity contribution in [2.24, 2.45) is 0 Å². The summed E-state index contributed by atoms with van der Waals surface area (Å²) in [6.45, 7) is 0. The molecule has 3 rings (SSSR count). The molecule has 0 saturated carbocycles. The number of aromatic nitrogens is 3. The van der Waals surface area contributed by atoms with Crippen LogP contribution >= 0.6 is 11.3 Å².